The number of aliphatic hydroxyl groups is 1. The molecule has 2 aromatic heterocycles. The van der Waals surface area contributed by atoms with Gasteiger partial charge in [-0.2, -0.15) is 0 Å². The molecule has 35 heavy (non-hydrogen) atoms. The second kappa shape index (κ2) is 11.2. The number of aryl methyl sites for hydroxylation is 1. The van der Waals surface area contributed by atoms with Gasteiger partial charge in [0.15, 0.2) is 11.9 Å². The zero-order valence-electron chi connectivity index (χ0n) is 19.2. The lowest BCUT2D eigenvalue weighted by atomic mass is 9.99. The third-order valence-corrected chi connectivity index (χ3v) is 5.58. The molecule has 0 saturated carbocycles. The summed E-state index contributed by atoms with van der Waals surface area (Å²) in [7, 11) is 0. The molecule has 0 radical (unpaired) electrons. The minimum Gasteiger partial charge on any atom is -0.381 e. The fourth-order valence-electron chi connectivity index (χ4n) is 3.75. The molecule has 2 atom stereocenters. The predicted octanol–water partition coefficient (Wildman–Crippen LogP) is 3.06. The second-order valence-electron chi connectivity index (χ2n) is 8.13. The maximum atomic E-state index is 13.4. The van der Waals surface area contributed by atoms with Gasteiger partial charge in [-0.3, -0.25) is 14.6 Å². The van der Waals surface area contributed by atoms with Gasteiger partial charge in [0.2, 0.25) is 0 Å². The quantitative estimate of drug-likeness (QED) is 0.346. The van der Waals surface area contributed by atoms with Gasteiger partial charge in [-0.1, -0.05) is 71.9 Å². The van der Waals surface area contributed by atoms with Crippen molar-refractivity contribution < 1.29 is 19.2 Å². The molecule has 3 N–H and O–H groups in total. The molecule has 0 bridgehead atoms. The number of carbonyl (C=O) groups is 2. The lowest BCUT2D eigenvalue weighted by Gasteiger charge is -2.24. The van der Waals surface area contributed by atoms with Gasteiger partial charge < -0.3 is 20.3 Å². The number of amides is 2. The summed E-state index contributed by atoms with van der Waals surface area (Å²) in [4.78, 5) is 30.2. The Bertz CT molecular complexity index is 1260. The average Bonchev–Trinajstić information content (AvgIpc) is 3.29. The molecule has 2 aromatic carbocycles. The van der Waals surface area contributed by atoms with Gasteiger partial charge in [0.05, 0.1) is 11.7 Å². The molecule has 8 nitrogen and oxygen atoms in total. The lowest BCUT2D eigenvalue weighted by molar-refractivity contribution is -0.130. The Morgan fingerprint density at radius 2 is 1.66 bits per heavy atom. The molecule has 4 rings (SSSR count). The third kappa shape index (κ3) is 5.99. The molecule has 0 aliphatic heterocycles. The Hall–Kier alpha value is -4.30. The van der Waals surface area contributed by atoms with E-state index in [9.17, 15) is 14.7 Å². The maximum Gasteiger partial charge on any atom is 0.257 e. The molecule has 2 amide bonds. The van der Waals surface area contributed by atoms with Crippen LogP contribution in [0.1, 0.15) is 27.2 Å². The summed E-state index contributed by atoms with van der Waals surface area (Å²) in [6.07, 6.45) is 2.03. The second-order valence-corrected chi connectivity index (χ2v) is 8.13. The summed E-state index contributed by atoms with van der Waals surface area (Å²) >= 11 is 0. The zero-order valence-corrected chi connectivity index (χ0v) is 19.2. The average molecular weight is 471 g/mol. The first-order valence-electron chi connectivity index (χ1n) is 11.2. The summed E-state index contributed by atoms with van der Waals surface area (Å²) in [5.74, 6) is -0.752. The van der Waals surface area contributed by atoms with Crippen molar-refractivity contribution in [1.82, 2.24) is 20.8 Å². The highest BCUT2D eigenvalue weighted by atomic mass is 16.5. The number of nitrogens with one attached hydrogen (secondary N) is 2. The molecule has 0 fully saturated rings. The van der Waals surface area contributed by atoms with Crippen LogP contribution in [0.4, 0.5) is 0 Å². The van der Waals surface area contributed by atoms with E-state index < -0.39 is 24.0 Å². The van der Waals surface area contributed by atoms with E-state index in [1.807, 2.05) is 66.7 Å². The van der Waals surface area contributed by atoms with E-state index in [4.69, 9.17) is 4.52 Å². The topological polar surface area (TPSA) is 117 Å². The number of aromatic nitrogens is 2. The van der Waals surface area contributed by atoms with Crippen LogP contribution < -0.4 is 10.6 Å². The highest BCUT2D eigenvalue weighted by Gasteiger charge is 2.30. The summed E-state index contributed by atoms with van der Waals surface area (Å²) < 4.78 is 5.44. The Morgan fingerprint density at radius 3 is 2.34 bits per heavy atom. The van der Waals surface area contributed by atoms with Crippen LogP contribution in [0.15, 0.2) is 89.7 Å². The van der Waals surface area contributed by atoms with Gasteiger partial charge in [0.1, 0.15) is 5.56 Å². The number of aliphatic hydroxyl groups excluding tert-OH is 1. The van der Waals surface area contributed by atoms with Crippen molar-refractivity contribution in [3.63, 3.8) is 0 Å². The van der Waals surface area contributed by atoms with Crippen LogP contribution in [0.3, 0.4) is 0 Å². The normalized spacial score (nSPS) is 12.5. The molecule has 178 valence electrons. The molecular formula is C27H26N4O4. The highest BCUT2D eigenvalue weighted by molar-refractivity contribution is 6.01. The zero-order chi connectivity index (χ0) is 24.6. The number of nitrogens with zero attached hydrogens (tertiary/aromatic N) is 2. The minimum absolute atomic E-state index is 0.207. The highest BCUT2D eigenvalue weighted by Crippen LogP contribution is 2.26. The number of pyridine rings is 1. The maximum absolute atomic E-state index is 13.4. The summed E-state index contributed by atoms with van der Waals surface area (Å²) in [5, 5.41) is 20.4. The predicted molar refractivity (Wildman–Crippen MR) is 130 cm³/mol. The fourth-order valence-corrected chi connectivity index (χ4v) is 3.75. The fraction of sp³-hybridized carbons (Fsp3) is 0.185. The minimum atomic E-state index is -1.49. The van der Waals surface area contributed by atoms with E-state index in [0.29, 0.717) is 17.0 Å². The van der Waals surface area contributed by atoms with E-state index in [-0.39, 0.29) is 18.5 Å². The monoisotopic (exact) mass is 470 g/mol. The van der Waals surface area contributed by atoms with E-state index in [2.05, 4.69) is 20.8 Å². The molecule has 0 aliphatic carbocycles. The summed E-state index contributed by atoms with van der Waals surface area (Å²) in [6.45, 7) is 1.88. The van der Waals surface area contributed by atoms with Crippen LogP contribution in [-0.4, -0.2) is 39.2 Å². The number of hydrogen-bond donors (Lipinski definition) is 3. The largest absolute Gasteiger partial charge is 0.381 e. The van der Waals surface area contributed by atoms with Crippen LogP contribution in [0, 0.1) is 6.92 Å². The first-order chi connectivity index (χ1) is 17.0. The smallest absolute Gasteiger partial charge is 0.257 e. The van der Waals surface area contributed by atoms with Crippen LogP contribution in [0.2, 0.25) is 0 Å². The van der Waals surface area contributed by atoms with Gasteiger partial charge in [-0.15, -0.1) is 0 Å². The van der Waals surface area contributed by atoms with Crippen molar-refractivity contribution in [3.8, 4) is 11.3 Å². The number of carbonyl (C=O) groups excluding carboxylic acids is 2. The van der Waals surface area contributed by atoms with Crippen LogP contribution in [0.5, 0.6) is 0 Å². The van der Waals surface area contributed by atoms with Gasteiger partial charge in [-0.05, 0) is 30.5 Å². The van der Waals surface area contributed by atoms with E-state index in [1.165, 1.54) is 0 Å². The van der Waals surface area contributed by atoms with Crippen molar-refractivity contribution in [1.29, 1.82) is 0 Å². The van der Waals surface area contributed by atoms with E-state index >= 15 is 0 Å². The molecular weight excluding hydrogens is 444 g/mol. The van der Waals surface area contributed by atoms with Crippen LogP contribution in [0.25, 0.3) is 11.3 Å². The van der Waals surface area contributed by atoms with Crippen molar-refractivity contribution in [3.05, 3.63) is 108 Å². The molecule has 0 spiro atoms. The van der Waals surface area contributed by atoms with Crippen molar-refractivity contribution in [2.75, 3.05) is 0 Å². The summed E-state index contributed by atoms with van der Waals surface area (Å²) in [6, 6.07) is 21.2. The van der Waals surface area contributed by atoms with Crippen molar-refractivity contribution in [2.24, 2.45) is 0 Å². The van der Waals surface area contributed by atoms with Crippen LogP contribution >= 0.6 is 0 Å². The number of hydrogen-bond acceptors (Lipinski definition) is 6. The third-order valence-electron chi connectivity index (χ3n) is 5.58. The number of rotatable bonds is 9. The Kier molecular flexibility index (Phi) is 7.64. The van der Waals surface area contributed by atoms with Gasteiger partial charge >= 0.3 is 0 Å². The van der Waals surface area contributed by atoms with Crippen LogP contribution in [-0.2, 0) is 17.8 Å². The molecule has 0 aliphatic rings. The molecule has 0 saturated heterocycles. The SMILES string of the molecule is Cc1noc(-c2ccccc2)c1C(=O)N[C@@H](Cc1ccccc1)C(O)C(=O)NCc1cccnc1. The Morgan fingerprint density at radius 1 is 0.971 bits per heavy atom. The molecule has 1 unspecified atom stereocenters. The van der Waals surface area contributed by atoms with Crippen molar-refractivity contribution >= 4 is 11.8 Å². The Labute approximate surface area is 203 Å². The molecule has 4 aromatic rings. The Balaban J connectivity index is 1.55. The van der Waals surface area contributed by atoms with E-state index in [0.717, 1.165) is 11.1 Å². The molecule has 8 heteroatoms. The van der Waals surface area contributed by atoms with Gasteiger partial charge in [-0.25, -0.2) is 0 Å². The number of benzene rings is 2. The van der Waals surface area contributed by atoms with Crippen molar-refractivity contribution in [2.45, 2.75) is 32.0 Å². The van der Waals surface area contributed by atoms with Gasteiger partial charge in [0.25, 0.3) is 11.8 Å². The molecule has 2 heterocycles. The summed E-state index contributed by atoms with van der Waals surface area (Å²) in [5.41, 5.74) is 3.03. The van der Waals surface area contributed by atoms with E-state index in [1.54, 1.807) is 25.4 Å². The first kappa shape index (κ1) is 23.8. The first-order valence-corrected chi connectivity index (χ1v) is 11.2. The van der Waals surface area contributed by atoms with Gasteiger partial charge in [0, 0.05) is 24.5 Å². The lowest BCUT2D eigenvalue weighted by Crippen LogP contribution is -2.51. The standard InChI is InChI=1S/C27H26N4O4/c1-18-23(25(35-31-18)21-12-6-3-7-13-21)26(33)30-22(15-19-9-4-2-5-10-19)24(32)27(34)29-17-20-11-8-14-28-16-20/h2-14,16,22,24,32H,15,17H2,1H3,(H,29,34)(H,30,33)/t22-,24?/m0/s1.